The molecule has 0 spiro atoms. The maximum absolute atomic E-state index is 13.1. The third-order valence-corrected chi connectivity index (χ3v) is 13.4. The summed E-state index contributed by atoms with van der Waals surface area (Å²) in [5.41, 5.74) is -0.665. The number of benzene rings is 1. The summed E-state index contributed by atoms with van der Waals surface area (Å²) in [6.07, 6.45) is 59.2. The van der Waals surface area contributed by atoms with Gasteiger partial charge in [-0.2, -0.15) is 8.42 Å². The molecule has 0 radical (unpaired) electrons. The van der Waals surface area contributed by atoms with Gasteiger partial charge in [-0.05, 0) is 76.3 Å². The lowest BCUT2D eigenvalue weighted by atomic mass is 10.0. The van der Waals surface area contributed by atoms with Crippen molar-refractivity contribution >= 4 is 22.1 Å². The van der Waals surface area contributed by atoms with Crippen LogP contribution in [0.25, 0.3) is 0 Å². The van der Waals surface area contributed by atoms with Crippen molar-refractivity contribution in [2.45, 2.75) is 276 Å². The Bertz CT molecular complexity index is 1400. The molecule has 0 aliphatic carbocycles. The zero-order chi connectivity index (χ0) is 46.4. The van der Waals surface area contributed by atoms with Crippen molar-refractivity contribution in [1.29, 1.82) is 0 Å². The van der Waals surface area contributed by atoms with Gasteiger partial charge in [-0.1, -0.05) is 237 Å². The number of rotatable bonds is 47. The zero-order valence-corrected chi connectivity index (χ0v) is 42.4. The Morgan fingerprint density at radius 2 is 0.703 bits per heavy atom. The van der Waals surface area contributed by atoms with Crippen molar-refractivity contribution in [3.63, 3.8) is 0 Å². The second-order valence-electron chi connectivity index (χ2n) is 18.5. The molecule has 0 saturated carbocycles. The van der Waals surface area contributed by atoms with Crippen LogP contribution in [0.1, 0.15) is 291 Å². The van der Waals surface area contributed by atoms with Gasteiger partial charge in [-0.3, -0.25) is 4.55 Å². The van der Waals surface area contributed by atoms with Crippen molar-refractivity contribution in [3.05, 3.63) is 53.6 Å². The fourth-order valence-corrected chi connectivity index (χ4v) is 9.13. The number of allylic oxidation sites excluding steroid dienone is 4. The standard InChI is InChI=1S/C56H98O7S/c1-3-5-7-9-11-13-15-17-19-21-23-25-27-29-31-33-35-37-39-41-43-45-50-62-55(57)52-48-47-49-53(64(59,60)61)54(52)56(58)63-51-46-44-42-40-38-36-34-32-30-28-26-24-22-20-18-16-14-12-10-8-6-4-2/h11-14,47-49H,3-10,15-46,50-51H2,1-2H3,(H,59,60,61)/b13-11+,14-12+. The van der Waals surface area contributed by atoms with Crippen LogP contribution >= 0.6 is 0 Å². The molecule has 0 aromatic heterocycles. The molecule has 0 saturated heterocycles. The SMILES string of the molecule is CCCCC/C=C/CCCCCCCCCCCCCCCCCOC(=O)c1cccc(S(=O)(=O)O)c1C(=O)OCCCCCCCCCCCCCCCCC/C=C/CCCCC. The van der Waals surface area contributed by atoms with E-state index in [4.69, 9.17) is 9.47 Å². The number of esters is 2. The highest BCUT2D eigenvalue weighted by molar-refractivity contribution is 7.86. The number of carbonyl (C=O) groups is 2. The lowest BCUT2D eigenvalue weighted by molar-refractivity contribution is 0.0446. The van der Waals surface area contributed by atoms with E-state index in [9.17, 15) is 22.6 Å². The molecule has 0 aliphatic heterocycles. The van der Waals surface area contributed by atoms with Crippen molar-refractivity contribution in [2.24, 2.45) is 0 Å². The van der Waals surface area contributed by atoms with Gasteiger partial charge in [0.2, 0.25) is 0 Å². The highest BCUT2D eigenvalue weighted by Crippen LogP contribution is 2.23. The van der Waals surface area contributed by atoms with Gasteiger partial charge in [-0.15, -0.1) is 0 Å². The van der Waals surface area contributed by atoms with Gasteiger partial charge in [0, 0.05) is 0 Å². The van der Waals surface area contributed by atoms with E-state index < -0.39 is 32.5 Å². The predicted octanol–water partition coefficient (Wildman–Crippen LogP) is 18.0. The maximum Gasteiger partial charge on any atom is 0.340 e. The largest absolute Gasteiger partial charge is 0.462 e. The first kappa shape index (κ1) is 59.6. The van der Waals surface area contributed by atoms with E-state index in [1.54, 1.807) is 0 Å². The molecule has 370 valence electrons. The summed E-state index contributed by atoms with van der Waals surface area (Å²) >= 11 is 0. The number of carbonyl (C=O) groups excluding carboxylic acids is 2. The van der Waals surface area contributed by atoms with Crippen LogP contribution in [0.4, 0.5) is 0 Å². The van der Waals surface area contributed by atoms with Crippen molar-refractivity contribution in [1.82, 2.24) is 0 Å². The molecule has 0 fully saturated rings. The van der Waals surface area contributed by atoms with Crippen LogP contribution in [0.2, 0.25) is 0 Å². The van der Waals surface area contributed by atoms with Gasteiger partial charge >= 0.3 is 11.9 Å². The van der Waals surface area contributed by atoms with Gasteiger partial charge in [0.25, 0.3) is 10.1 Å². The number of hydrogen-bond donors (Lipinski definition) is 1. The summed E-state index contributed by atoms with van der Waals surface area (Å²) in [6, 6.07) is 3.78. The first-order chi connectivity index (χ1) is 31.3. The van der Waals surface area contributed by atoms with E-state index in [1.807, 2.05) is 0 Å². The van der Waals surface area contributed by atoms with E-state index in [0.29, 0.717) is 12.8 Å². The topological polar surface area (TPSA) is 107 Å². The molecule has 1 aromatic carbocycles. The normalized spacial score (nSPS) is 11.9. The average molecular weight is 915 g/mol. The third kappa shape index (κ3) is 35.8. The smallest absolute Gasteiger partial charge is 0.340 e. The van der Waals surface area contributed by atoms with Crippen molar-refractivity contribution in [3.8, 4) is 0 Å². The summed E-state index contributed by atoms with van der Waals surface area (Å²) in [6.45, 7) is 4.80. The minimum absolute atomic E-state index is 0.112. The van der Waals surface area contributed by atoms with E-state index in [0.717, 1.165) is 44.6 Å². The Balaban J connectivity index is 2.11. The van der Waals surface area contributed by atoms with E-state index in [1.165, 1.54) is 218 Å². The minimum Gasteiger partial charge on any atom is -0.462 e. The molecular weight excluding hydrogens is 817 g/mol. The second kappa shape index (κ2) is 44.4. The highest BCUT2D eigenvalue weighted by Gasteiger charge is 2.28. The van der Waals surface area contributed by atoms with Gasteiger partial charge in [0.1, 0.15) is 4.90 Å². The zero-order valence-electron chi connectivity index (χ0n) is 41.5. The molecule has 0 bridgehead atoms. The molecule has 0 unspecified atom stereocenters. The quantitative estimate of drug-likeness (QED) is 0.0300. The van der Waals surface area contributed by atoms with Crippen LogP contribution in [0, 0.1) is 0 Å². The average Bonchev–Trinajstić information content (AvgIpc) is 3.28. The van der Waals surface area contributed by atoms with Crippen LogP contribution < -0.4 is 0 Å². The number of hydrogen-bond acceptors (Lipinski definition) is 6. The molecule has 0 aliphatic rings. The van der Waals surface area contributed by atoms with Crippen LogP contribution in [-0.2, 0) is 19.6 Å². The molecule has 1 rings (SSSR count). The molecule has 0 amide bonds. The summed E-state index contributed by atoms with van der Waals surface area (Å²) in [5, 5.41) is 0. The van der Waals surface area contributed by atoms with Crippen LogP contribution in [0.15, 0.2) is 47.4 Å². The minimum atomic E-state index is -4.77. The molecule has 64 heavy (non-hydrogen) atoms. The first-order valence-corrected chi connectivity index (χ1v) is 28.5. The predicted molar refractivity (Wildman–Crippen MR) is 271 cm³/mol. The monoisotopic (exact) mass is 915 g/mol. The van der Waals surface area contributed by atoms with Crippen molar-refractivity contribution in [2.75, 3.05) is 13.2 Å². The molecule has 0 heterocycles. The Kier molecular flexibility index (Phi) is 41.3. The Morgan fingerprint density at radius 3 is 1.02 bits per heavy atom. The fraction of sp³-hybridized carbons (Fsp3) is 0.786. The van der Waals surface area contributed by atoms with Crippen LogP contribution in [-0.4, -0.2) is 38.1 Å². The molecule has 1 aromatic rings. The summed E-state index contributed by atoms with van der Waals surface area (Å²) in [5.74, 6) is -1.73. The van der Waals surface area contributed by atoms with Crippen LogP contribution in [0.5, 0.6) is 0 Å². The fourth-order valence-electron chi connectivity index (χ4n) is 8.43. The van der Waals surface area contributed by atoms with Gasteiger partial charge in [0.15, 0.2) is 0 Å². The molecule has 7 nitrogen and oxygen atoms in total. The van der Waals surface area contributed by atoms with Crippen molar-refractivity contribution < 1.29 is 32.0 Å². The van der Waals surface area contributed by atoms with E-state index in [-0.39, 0.29) is 18.8 Å². The first-order valence-electron chi connectivity index (χ1n) is 27.1. The molecule has 1 N–H and O–H groups in total. The van der Waals surface area contributed by atoms with Crippen LogP contribution in [0.3, 0.4) is 0 Å². The third-order valence-electron chi connectivity index (χ3n) is 12.5. The van der Waals surface area contributed by atoms with E-state index >= 15 is 0 Å². The summed E-state index contributed by atoms with van der Waals surface area (Å²) in [4.78, 5) is 25.5. The van der Waals surface area contributed by atoms with Gasteiger partial charge in [0.05, 0.1) is 24.3 Å². The lowest BCUT2D eigenvalue weighted by Gasteiger charge is -2.13. The Morgan fingerprint density at radius 1 is 0.422 bits per heavy atom. The Labute approximate surface area is 394 Å². The summed E-state index contributed by atoms with van der Waals surface area (Å²) < 4.78 is 45.1. The maximum atomic E-state index is 13.1. The molecule has 8 heteroatoms. The lowest BCUT2D eigenvalue weighted by Crippen LogP contribution is -2.19. The highest BCUT2D eigenvalue weighted by atomic mass is 32.2. The van der Waals surface area contributed by atoms with Gasteiger partial charge in [-0.25, -0.2) is 9.59 Å². The Hall–Kier alpha value is -2.45. The summed E-state index contributed by atoms with van der Waals surface area (Å²) in [7, 11) is -4.77. The van der Waals surface area contributed by atoms with Gasteiger partial charge < -0.3 is 9.47 Å². The van der Waals surface area contributed by atoms with E-state index in [2.05, 4.69) is 38.2 Å². The molecule has 0 atom stereocenters. The number of ether oxygens (including phenoxy) is 2. The second-order valence-corrected chi connectivity index (χ2v) is 19.9. The molecular formula is C56H98O7S. The number of unbranched alkanes of at least 4 members (excludes halogenated alkanes) is 36.